The molecule has 3 aromatic carbocycles. The van der Waals surface area contributed by atoms with Crippen molar-refractivity contribution < 1.29 is 14.7 Å². The Kier molecular flexibility index (Phi) is 7.13. The van der Waals surface area contributed by atoms with Crippen LogP contribution < -0.4 is 15.5 Å². The number of likely N-dealkylation sites (N-methyl/N-ethyl adjacent to an activating group) is 1. The van der Waals surface area contributed by atoms with Crippen LogP contribution in [0, 0.1) is 6.92 Å². The number of carbonyl (C=O) groups is 2. The number of phenols is 1. The molecule has 1 heterocycles. The smallest absolute Gasteiger partial charge is 0.257 e. The summed E-state index contributed by atoms with van der Waals surface area (Å²) in [6.07, 6.45) is 1.10. The van der Waals surface area contributed by atoms with Crippen molar-refractivity contribution in [3.05, 3.63) is 83.4 Å². The van der Waals surface area contributed by atoms with Crippen molar-refractivity contribution in [2.45, 2.75) is 13.3 Å². The van der Waals surface area contributed by atoms with Gasteiger partial charge in [-0.3, -0.25) is 9.59 Å². The van der Waals surface area contributed by atoms with Gasteiger partial charge < -0.3 is 25.5 Å². The summed E-state index contributed by atoms with van der Waals surface area (Å²) in [7, 11) is 2.13. The van der Waals surface area contributed by atoms with Gasteiger partial charge >= 0.3 is 0 Å². The molecule has 3 aromatic rings. The van der Waals surface area contributed by atoms with Crippen LogP contribution in [0.4, 0.5) is 17.1 Å². The third-order valence-corrected chi connectivity index (χ3v) is 6.02. The zero-order valence-corrected chi connectivity index (χ0v) is 19.5. The molecule has 1 saturated heterocycles. The van der Waals surface area contributed by atoms with Gasteiger partial charge in [0, 0.05) is 36.6 Å². The summed E-state index contributed by atoms with van der Waals surface area (Å²) in [6, 6.07) is 19.4. The molecule has 34 heavy (non-hydrogen) atoms. The number of hydrogen-bond acceptors (Lipinski definition) is 5. The Labute approximate surface area is 200 Å². The van der Waals surface area contributed by atoms with Gasteiger partial charge in [0.25, 0.3) is 11.8 Å². The van der Waals surface area contributed by atoms with Crippen LogP contribution in [0.1, 0.15) is 32.7 Å². The van der Waals surface area contributed by atoms with E-state index in [4.69, 9.17) is 0 Å². The molecule has 0 aliphatic carbocycles. The summed E-state index contributed by atoms with van der Waals surface area (Å²) in [5.74, 6) is -0.984. The Balaban J connectivity index is 1.49. The van der Waals surface area contributed by atoms with E-state index in [-0.39, 0.29) is 17.0 Å². The first-order chi connectivity index (χ1) is 16.4. The first-order valence-corrected chi connectivity index (χ1v) is 11.5. The highest BCUT2D eigenvalue weighted by Crippen LogP contribution is 2.29. The van der Waals surface area contributed by atoms with E-state index in [2.05, 4.69) is 27.5 Å². The SMILES string of the molecule is Cc1cccc(NC(=O)c2cccc(O)c2NC(=O)c2ccc(N3CCCN(C)CC3)cc2)c1. The minimum absolute atomic E-state index is 0.0808. The molecule has 1 fully saturated rings. The van der Waals surface area contributed by atoms with Crippen molar-refractivity contribution in [1.82, 2.24) is 4.90 Å². The van der Waals surface area contributed by atoms with Crippen LogP contribution in [-0.4, -0.2) is 55.0 Å². The predicted octanol–water partition coefficient (Wildman–Crippen LogP) is 4.35. The van der Waals surface area contributed by atoms with Crippen LogP contribution in [-0.2, 0) is 0 Å². The number of aryl methyl sites for hydroxylation is 1. The quantitative estimate of drug-likeness (QED) is 0.495. The van der Waals surface area contributed by atoms with Gasteiger partial charge in [-0.1, -0.05) is 18.2 Å². The molecule has 1 aliphatic rings. The fourth-order valence-electron chi connectivity index (χ4n) is 4.10. The summed E-state index contributed by atoms with van der Waals surface area (Å²) in [5.41, 5.74) is 3.44. The lowest BCUT2D eigenvalue weighted by atomic mass is 10.1. The molecule has 0 bridgehead atoms. The van der Waals surface area contributed by atoms with Crippen molar-refractivity contribution >= 4 is 28.9 Å². The molecule has 0 spiro atoms. The summed E-state index contributed by atoms with van der Waals surface area (Å²) in [5, 5.41) is 15.9. The fraction of sp³-hybridized carbons (Fsp3) is 0.259. The third kappa shape index (κ3) is 5.55. The monoisotopic (exact) mass is 458 g/mol. The second kappa shape index (κ2) is 10.4. The van der Waals surface area contributed by atoms with Gasteiger partial charge in [-0.2, -0.15) is 0 Å². The third-order valence-electron chi connectivity index (χ3n) is 6.02. The highest BCUT2D eigenvalue weighted by atomic mass is 16.3. The molecule has 7 nitrogen and oxygen atoms in total. The number of amides is 2. The van der Waals surface area contributed by atoms with Gasteiger partial charge in [-0.05, 0) is 81.0 Å². The Morgan fingerprint density at radius 2 is 1.62 bits per heavy atom. The topological polar surface area (TPSA) is 84.9 Å². The molecule has 2 amide bonds. The Morgan fingerprint density at radius 3 is 2.38 bits per heavy atom. The number of nitrogens with one attached hydrogen (secondary N) is 2. The van der Waals surface area contributed by atoms with Gasteiger partial charge in [0.2, 0.25) is 0 Å². The van der Waals surface area contributed by atoms with Crippen LogP contribution in [0.3, 0.4) is 0 Å². The average molecular weight is 459 g/mol. The normalized spacial score (nSPS) is 14.4. The predicted molar refractivity (Wildman–Crippen MR) is 136 cm³/mol. The van der Waals surface area contributed by atoms with Gasteiger partial charge in [-0.25, -0.2) is 0 Å². The molecule has 3 N–H and O–H groups in total. The van der Waals surface area contributed by atoms with E-state index in [1.165, 1.54) is 6.07 Å². The minimum Gasteiger partial charge on any atom is -0.506 e. The Hall–Kier alpha value is -3.84. The highest BCUT2D eigenvalue weighted by Gasteiger charge is 2.19. The van der Waals surface area contributed by atoms with Crippen LogP contribution in [0.2, 0.25) is 0 Å². The maximum atomic E-state index is 13.0. The second-order valence-electron chi connectivity index (χ2n) is 8.67. The second-order valence-corrected chi connectivity index (χ2v) is 8.67. The number of aromatic hydroxyl groups is 1. The molecule has 0 atom stereocenters. The molecule has 0 saturated carbocycles. The minimum atomic E-state index is -0.418. The number of carbonyl (C=O) groups excluding carboxylic acids is 2. The van der Waals surface area contributed by atoms with Crippen molar-refractivity contribution in [1.29, 1.82) is 0 Å². The number of phenolic OH excluding ortho intramolecular Hbond substituents is 1. The Morgan fingerprint density at radius 1 is 0.853 bits per heavy atom. The number of rotatable bonds is 5. The van der Waals surface area contributed by atoms with Gasteiger partial charge in [-0.15, -0.1) is 0 Å². The fourth-order valence-corrected chi connectivity index (χ4v) is 4.10. The van der Waals surface area contributed by atoms with E-state index >= 15 is 0 Å². The summed E-state index contributed by atoms with van der Waals surface area (Å²) >= 11 is 0. The van der Waals surface area contributed by atoms with Crippen molar-refractivity contribution in [3.8, 4) is 5.75 Å². The first-order valence-electron chi connectivity index (χ1n) is 11.5. The van der Waals surface area contributed by atoms with Gasteiger partial charge in [0.1, 0.15) is 5.75 Å². The van der Waals surface area contributed by atoms with E-state index in [0.29, 0.717) is 11.3 Å². The molecule has 0 radical (unpaired) electrons. The van der Waals surface area contributed by atoms with Crippen LogP contribution in [0.15, 0.2) is 66.7 Å². The van der Waals surface area contributed by atoms with Crippen molar-refractivity contribution in [2.75, 3.05) is 48.8 Å². The number of para-hydroxylation sites is 1. The zero-order valence-electron chi connectivity index (χ0n) is 19.5. The molecule has 0 aromatic heterocycles. The van der Waals surface area contributed by atoms with Crippen molar-refractivity contribution in [3.63, 3.8) is 0 Å². The van der Waals surface area contributed by atoms with E-state index in [1.807, 2.05) is 37.3 Å². The average Bonchev–Trinajstić information content (AvgIpc) is 3.05. The number of hydrogen-bond donors (Lipinski definition) is 3. The lowest BCUT2D eigenvalue weighted by molar-refractivity contribution is 0.102. The molecule has 1 aliphatic heterocycles. The molecular weight excluding hydrogens is 428 g/mol. The van der Waals surface area contributed by atoms with Crippen LogP contribution >= 0.6 is 0 Å². The molecular formula is C27H30N4O3. The van der Waals surface area contributed by atoms with E-state index < -0.39 is 11.8 Å². The van der Waals surface area contributed by atoms with Crippen molar-refractivity contribution in [2.24, 2.45) is 0 Å². The summed E-state index contributed by atoms with van der Waals surface area (Å²) in [4.78, 5) is 30.5. The maximum absolute atomic E-state index is 13.0. The molecule has 7 heteroatoms. The highest BCUT2D eigenvalue weighted by molar-refractivity contribution is 6.13. The lowest BCUT2D eigenvalue weighted by Crippen LogP contribution is -2.28. The summed E-state index contributed by atoms with van der Waals surface area (Å²) in [6.45, 7) is 5.94. The first kappa shape index (κ1) is 23.3. The van der Waals surface area contributed by atoms with E-state index in [9.17, 15) is 14.7 Å². The molecule has 0 unspecified atom stereocenters. The van der Waals surface area contributed by atoms with E-state index in [1.54, 1.807) is 30.3 Å². The van der Waals surface area contributed by atoms with Gasteiger partial charge in [0.05, 0.1) is 11.3 Å². The number of anilines is 3. The van der Waals surface area contributed by atoms with Gasteiger partial charge in [0.15, 0.2) is 0 Å². The largest absolute Gasteiger partial charge is 0.506 e. The summed E-state index contributed by atoms with van der Waals surface area (Å²) < 4.78 is 0. The number of benzene rings is 3. The molecule has 4 rings (SSSR count). The maximum Gasteiger partial charge on any atom is 0.257 e. The Bertz CT molecular complexity index is 1180. The zero-order chi connectivity index (χ0) is 24.1. The molecule has 176 valence electrons. The van der Waals surface area contributed by atoms with E-state index in [0.717, 1.165) is 43.9 Å². The lowest BCUT2D eigenvalue weighted by Gasteiger charge is -2.23. The van der Waals surface area contributed by atoms with Crippen LogP contribution in [0.25, 0.3) is 0 Å². The van der Waals surface area contributed by atoms with Crippen LogP contribution in [0.5, 0.6) is 5.75 Å². The number of nitrogens with zero attached hydrogens (tertiary/aromatic N) is 2. The standard InChI is InChI=1S/C27H30N4O3/c1-19-6-3-7-21(18-19)28-27(34)23-8-4-9-24(32)25(23)29-26(33)20-10-12-22(13-11-20)31-15-5-14-30(2)16-17-31/h3-4,6-13,18,32H,5,14-17H2,1-2H3,(H,28,34)(H,29,33).